The lowest BCUT2D eigenvalue weighted by Gasteiger charge is -2.18. The molecule has 0 aliphatic carbocycles. The van der Waals surface area contributed by atoms with Crippen LogP contribution in [0.3, 0.4) is 0 Å². The number of likely N-dealkylation sites (N-methyl/N-ethyl adjacent to an activating group) is 1. The summed E-state index contributed by atoms with van der Waals surface area (Å²) in [5.74, 6) is 0.00132. The SMILES string of the molecule is Cc1c(C(=O)N(C)CCOc2ccc(Cl)cc2)cc([N+](=O)[O-])cc1[N+](=O)[O-]. The molecule has 2 aromatic carbocycles. The van der Waals surface area contributed by atoms with Crippen molar-refractivity contribution in [3.63, 3.8) is 0 Å². The van der Waals surface area contributed by atoms with Crippen LogP contribution < -0.4 is 4.74 Å². The molecule has 2 aromatic rings. The highest BCUT2D eigenvalue weighted by atomic mass is 35.5. The van der Waals surface area contributed by atoms with Crippen molar-refractivity contribution >= 4 is 28.9 Å². The molecule has 0 heterocycles. The number of non-ortho nitro benzene ring substituents is 1. The molecule has 0 N–H and O–H groups in total. The van der Waals surface area contributed by atoms with Gasteiger partial charge < -0.3 is 9.64 Å². The van der Waals surface area contributed by atoms with E-state index in [1.807, 2.05) is 0 Å². The smallest absolute Gasteiger partial charge is 0.279 e. The van der Waals surface area contributed by atoms with Gasteiger partial charge in [0.05, 0.1) is 28.0 Å². The lowest BCUT2D eigenvalue weighted by Crippen LogP contribution is -2.31. The van der Waals surface area contributed by atoms with Gasteiger partial charge in [-0.2, -0.15) is 0 Å². The molecule has 0 fully saturated rings. The Morgan fingerprint density at radius 3 is 2.33 bits per heavy atom. The number of nitrogens with zero attached hydrogens (tertiary/aromatic N) is 3. The van der Waals surface area contributed by atoms with Crippen molar-refractivity contribution < 1.29 is 19.4 Å². The van der Waals surface area contributed by atoms with Crippen LogP contribution in [0.1, 0.15) is 15.9 Å². The van der Waals surface area contributed by atoms with Crippen LogP contribution in [0.5, 0.6) is 5.75 Å². The summed E-state index contributed by atoms with van der Waals surface area (Å²) in [6.45, 7) is 1.73. The monoisotopic (exact) mass is 393 g/mol. The first kappa shape index (κ1) is 20.1. The molecule has 0 aliphatic heterocycles. The van der Waals surface area contributed by atoms with Gasteiger partial charge in [0.15, 0.2) is 0 Å². The van der Waals surface area contributed by atoms with Crippen LogP contribution >= 0.6 is 11.6 Å². The number of hydrogen-bond donors (Lipinski definition) is 0. The minimum atomic E-state index is -0.771. The molecule has 0 saturated carbocycles. The number of halogens is 1. The highest BCUT2D eigenvalue weighted by Crippen LogP contribution is 2.28. The topological polar surface area (TPSA) is 116 Å². The van der Waals surface area contributed by atoms with Crippen LogP contribution in [0.15, 0.2) is 36.4 Å². The lowest BCUT2D eigenvalue weighted by atomic mass is 10.0. The van der Waals surface area contributed by atoms with E-state index >= 15 is 0 Å². The Morgan fingerprint density at radius 2 is 1.78 bits per heavy atom. The third kappa shape index (κ3) is 4.91. The number of carbonyl (C=O) groups excluding carboxylic acids is 1. The largest absolute Gasteiger partial charge is 0.492 e. The second kappa shape index (κ2) is 8.45. The summed E-state index contributed by atoms with van der Waals surface area (Å²) >= 11 is 5.79. The van der Waals surface area contributed by atoms with Crippen molar-refractivity contribution in [2.45, 2.75) is 6.92 Å². The first-order valence-corrected chi connectivity index (χ1v) is 8.15. The zero-order valence-corrected chi connectivity index (χ0v) is 15.3. The van der Waals surface area contributed by atoms with E-state index < -0.39 is 27.1 Å². The molecule has 27 heavy (non-hydrogen) atoms. The van der Waals surface area contributed by atoms with E-state index in [2.05, 4.69) is 0 Å². The molecule has 0 aromatic heterocycles. The first-order chi connectivity index (χ1) is 12.7. The maximum absolute atomic E-state index is 12.6. The van der Waals surface area contributed by atoms with E-state index in [1.165, 1.54) is 18.9 Å². The molecule has 9 nitrogen and oxygen atoms in total. The van der Waals surface area contributed by atoms with Crippen molar-refractivity contribution in [1.82, 2.24) is 4.90 Å². The highest BCUT2D eigenvalue weighted by molar-refractivity contribution is 6.30. The molecule has 10 heteroatoms. The van der Waals surface area contributed by atoms with Crippen LogP contribution in [-0.2, 0) is 0 Å². The number of amides is 1. The molecule has 0 spiro atoms. The summed E-state index contributed by atoms with van der Waals surface area (Å²) in [4.78, 5) is 34.5. The van der Waals surface area contributed by atoms with Gasteiger partial charge in [0.25, 0.3) is 17.3 Å². The van der Waals surface area contributed by atoms with E-state index in [9.17, 15) is 25.0 Å². The molecule has 0 aliphatic rings. The number of ether oxygens (including phenoxy) is 1. The lowest BCUT2D eigenvalue weighted by molar-refractivity contribution is -0.394. The third-order valence-electron chi connectivity index (χ3n) is 3.86. The Hall–Kier alpha value is -3.20. The molecule has 0 bridgehead atoms. The van der Waals surface area contributed by atoms with Crippen LogP contribution in [-0.4, -0.2) is 40.9 Å². The van der Waals surface area contributed by atoms with Gasteiger partial charge in [-0.3, -0.25) is 25.0 Å². The summed E-state index contributed by atoms with van der Waals surface area (Å²) in [5.41, 5.74) is -1.01. The fraction of sp³-hybridized carbons (Fsp3) is 0.235. The Morgan fingerprint density at radius 1 is 1.15 bits per heavy atom. The van der Waals surface area contributed by atoms with Crippen molar-refractivity contribution in [3.8, 4) is 5.75 Å². The van der Waals surface area contributed by atoms with Gasteiger partial charge in [-0.05, 0) is 31.2 Å². The van der Waals surface area contributed by atoms with Gasteiger partial charge in [-0.25, -0.2) is 0 Å². The molecule has 0 radical (unpaired) electrons. The number of benzene rings is 2. The fourth-order valence-electron chi connectivity index (χ4n) is 2.34. The predicted molar refractivity (Wildman–Crippen MR) is 98.4 cm³/mol. The molecule has 142 valence electrons. The number of nitro benzene ring substituents is 2. The van der Waals surface area contributed by atoms with Crippen molar-refractivity contribution in [1.29, 1.82) is 0 Å². The Kier molecular flexibility index (Phi) is 6.30. The number of carbonyl (C=O) groups is 1. The first-order valence-electron chi connectivity index (χ1n) is 7.78. The Bertz CT molecular complexity index is 885. The van der Waals surface area contributed by atoms with E-state index in [0.29, 0.717) is 10.8 Å². The van der Waals surface area contributed by atoms with Gasteiger partial charge >= 0.3 is 0 Å². The van der Waals surface area contributed by atoms with Crippen LogP contribution in [0.4, 0.5) is 11.4 Å². The maximum atomic E-state index is 12.6. The second-order valence-corrected chi connectivity index (χ2v) is 6.12. The summed E-state index contributed by atoms with van der Waals surface area (Å²) in [5, 5.41) is 22.7. The third-order valence-corrected chi connectivity index (χ3v) is 4.11. The number of nitro groups is 2. The number of hydrogen-bond acceptors (Lipinski definition) is 6. The van der Waals surface area contributed by atoms with Gasteiger partial charge in [0, 0.05) is 23.7 Å². The molecule has 0 atom stereocenters. The fourth-order valence-corrected chi connectivity index (χ4v) is 2.47. The van der Waals surface area contributed by atoms with Crippen molar-refractivity contribution in [2.24, 2.45) is 0 Å². The standard InChI is InChI=1S/C17H16ClN3O6/c1-11-15(9-13(20(23)24)10-16(11)21(25)26)17(22)19(2)7-8-27-14-5-3-12(18)4-6-14/h3-6,9-10H,7-8H2,1-2H3. The van der Waals surface area contributed by atoms with Crippen molar-refractivity contribution in [3.05, 3.63) is 72.8 Å². The summed E-state index contributed by atoms with van der Waals surface area (Å²) < 4.78 is 5.50. The minimum Gasteiger partial charge on any atom is -0.492 e. The quantitative estimate of drug-likeness (QED) is 0.524. The maximum Gasteiger partial charge on any atom is 0.279 e. The van der Waals surface area contributed by atoms with Gasteiger partial charge in [0.2, 0.25) is 0 Å². The van der Waals surface area contributed by atoms with Gasteiger partial charge in [-0.1, -0.05) is 11.6 Å². The predicted octanol–water partition coefficient (Wildman–Crippen LogP) is 3.62. The molecule has 2 rings (SSSR count). The van der Waals surface area contributed by atoms with Crippen molar-refractivity contribution in [2.75, 3.05) is 20.2 Å². The summed E-state index contributed by atoms with van der Waals surface area (Å²) in [7, 11) is 1.48. The number of rotatable bonds is 7. The zero-order valence-electron chi connectivity index (χ0n) is 14.5. The molecular formula is C17H16ClN3O6. The molecular weight excluding hydrogens is 378 g/mol. The molecule has 1 amide bonds. The van der Waals surface area contributed by atoms with E-state index in [0.717, 1.165) is 12.1 Å². The van der Waals surface area contributed by atoms with Crippen LogP contribution in [0.2, 0.25) is 5.02 Å². The highest BCUT2D eigenvalue weighted by Gasteiger charge is 2.26. The molecule has 0 unspecified atom stereocenters. The van der Waals surface area contributed by atoms with E-state index in [4.69, 9.17) is 16.3 Å². The average molecular weight is 394 g/mol. The average Bonchev–Trinajstić information content (AvgIpc) is 2.62. The van der Waals surface area contributed by atoms with Crippen LogP contribution in [0, 0.1) is 27.2 Å². The second-order valence-electron chi connectivity index (χ2n) is 5.68. The minimum absolute atomic E-state index is 0.0704. The van der Waals surface area contributed by atoms with Gasteiger partial charge in [-0.15, -0.1) is 0 Å². The zero-order chi connectivity index (χ0) is 20.1. The summed E-state index contributed by atoms with van der Waals surface area (Å²) in [6, 6.07) is 8.57. The Labute approximate surface area is 159 Å². The summed E-state index contributed by atoms with van der Waals surface area (Å²) in [6.07, 6.45) is 0. The molecule has 0 saturated heterocycles. The van der Waals surface area contributed by atoms with Gasteiger partial charge in [0.1, 0.15) is 12.4 Å². The Balaban J connectivity index is 2.14. The van der Waals surface area contributed by atoms with E-state index in [1.54, 1.807) is 24.3 Å². The normalized spacial score (nSPS) is 10.3. The van der Waals surface area contributed by atoms with E-state index in [-0.39, 0.29) is 24.3 Å². The van der Waals surface area contributed by atoms with Crippen LogP contribution in [0.25, 0.3) is 0 Å².